The zero-order valence-electron chi connectivity index (χ0n) is 34.6. The van der Waals surface area contributed by atoms with Crippen LogP contribution in [0.25, 0.3) is 79.8 Å². The SMILES string of the molecule is CCCCCCCCCCCc1c2nc(c(-c3ccc(C(=O)O)cc3)c3ccc([nH]3)c(-c3ccc(C(=O)O)cc3)c3nc(c(-c4ccc(C(=O)O)cc4)c4ccc1[nH]4)C=C3)C=C2. The zero-order chi connectivity index (χ0) is 43.2. The number of aryl methyl sites for hydroxylation is 1. The van der Waals surface area contributed by atoms with Crippen LogP contribution in [-0.4, -0.2) is 53.2 Å². The average Bonchev–Trinajstić information content (AvgIpc) is 4.13. The molecule has 8 bridgehead atoms. The lowest BCUT2D eigenvalue weighted by Crippen LogP contribution is -1.96. The van der Waals surface area contributed by atoms with Gasteiger partial charge in [-0.05, 0) is 114 Å². The van der Waals surface area contributed by atoms with Gasteiger partial charge in [0.2, 0.25) is 0 Å². The number of hydrogen-bond donors (Lipinski definition) is 5. The summed E-state index contributed by atoms with van der Waals surface area (Å²) < 4.78 is 0. The summed E-state index contributed by atoms with van der Waals surface area (Å²) in [7, 11) is 0. The van der Waals surface area contributed by atoms with Crippen molar-refractivity contribution in [2.24, 2.45) is 0 Å². The third-order valence-electron chi connectivity index (χ3n) is 11.7. The number of aromatic amines is 2. The Morgan fingerprint density at radius 1 is 0.419 bits per heavy atom. The Morgan fingerprint density at radius 2 is 0.742 bits per heavy atom. The highest BCUT2D eigenvalue weighted by atomic mass is 16.4. The minimum absolute atomic E-state index is 0.154. The molecule has 2 aliphatic heterocycles. The number of aromatic nitrogens is 4. The number of benzene rings is 3. The summed E-state index contributed by atoms with van der Waals surface area (Å²) >= 11 is 0. The van der Waals surface area contributed by atoms with E-state index in [1.54, 1.807) is 72.8 Å². The highest BCUT2D eigenvalue weighted by Crippen LogP contribution is 2.37. The molecule has 2 aliphatic rings. The molecule has 62 heavy (non-hydrogen) atoms. The molecule has 5 N–H and O–H groups in total. The van der Waals surface area contributed by atoms with Crippen molar-refractivity contribution in [3.63, 3.8) is 0 Å². The van der Waals surface area contributed by atoms with Gasteiger partial charge in [0.1, 0.15) is 0 Å². The second kappa shape index (κ2) is 18.5. The van der Waals surface area contributed by atoms with E-state index >= 15 is 0 Å². The van der Waals surface area contributed by atoms with Crippen molar-refractivity contribution in [2.75, 3.05) is 0 Å². The number of hydrogen-bond acceptors (Lipinski definition) is 5. The molecule has 0 saturated carbocycles. The van der Waals surface area contributed by atoms with Crippen LogP contribution in [0.5, 0.6) is 0 Å². The van der Waals surface area contributed by atoms with Gasteiger partial charge >= 0.3 is 17.9 Å². The predicted molar refractivity (Wildman–Crippen MR) is 247 cm³/mol. The van der Waals surface area contributed by atoms with Crippen LogP contribution < -0.4 is 0 Å². The molecule has 0 atom stereocenters. The normalized spacial score (nSPS) is 11.9. The molecule has 10 heteroatoms. The first-order chi connectivity index (χ1) is 30.2. The molecule has 10 nitrogen and oxygen atoms in total. The first-order valence-electron chi connectivity index (χ1n) is 21.3. The third kappa shape index (κ3) is 8.90. The predicted octanol–water partition coefficient (Wildman–Crippen LogP) is 12.8. The second-order valence-corrected chi connectivity index (χ2v) is 15.8. The van der Waals surface area contributed by atoms with Crippen LogP contribution in [0.15, 0.2) is 97.1 Å². The molecule has 3 aromatic carbocycles. The molecule has 0 radical (unpaired) electrons. The molecular formula is C52H48N4O6. The number of carbonyl (C=O) groups is 3. The van der Waals surface area contributed by atoms with Crippen LogP contribution in [0.4, 0.5) is 0 Å². The highest BCUT2D eigenvalue weighted by Gasteiger charge is 2.19. The van der Waals surface area contributed by atoms with Crippen molar-refractivity contribution in [1.29, 1.82) is 0 Å². The Labute approximate surface area is 359 Å². The zero-order valence-corrected chi connectivity index (χ0v) is 34.6. The van der Waals surface area contributed by atoms with Crippen LogP contribution in [0, 0.1) is 0 Å². The number of unbranched alkanes of at least 4 members (excludes halogenated alkanes) is 8. The van der Waals surface area contributed by atoms with Crippen LogP contribution >= 0.6 is 0 Å². The molecule has 6 aromatic rings. The van der Waals surface area contributed by atoms with Gasteiger partial charge in [-0.1, -0.05) is 94.7 Å². The van der Waals surface area contributed by atoms with Gasteiger partial charge in [-0.15, -0.1) is 0 Å². The summed E-state index contributed by atoms with van der Waals surface area (Å²) in [5.41, 5.74) is 12.2. The number of fused-ring (bicyclic) bond motifs is 8. The largest absolute Gasteiger partial charge is 0.478 e. The minimum atomic E-state index is -1.03. The van der Waals surface area contributed by atoms with Gasteiger partial charge in [0.25, 0.3) is 0 Å². The first-order valence-corrected chi connectivity index (χ1v) is 21.3. The number of H-pyrrole nitrogens is 2. The van der Waals surface area contributed by atoms with E-state index in [-0.39, 0.29) is 16.7 Å². The fourth-order valence-corrected chi connectivity index (χ4v) is 8.39. The molecule has 5 heterocycles. The minimum Gasteiger partial charge on any atom is -0.478 e. The van der Waals surface area contributed by atoms with E-state index in [0.29, 0.717) is 17.1 Å². The van der Waals surface area contributed by atoms with Crippen LogP contribution in [0.3, 0.4) is 0 Å². The standard InChI is InChI=1S/C52H48N4O6/c1-2-3-4-5-6-7-8-9-10-11-38-39-24-26-41(53-39)47(32-12-18-35(19-13-32)50(57)58)43-28-30-45(55-43)49(34-16-22-37(23-17-34)52(61)62)46-31-29-44(56-46)48(42-27-25-40(38)54-42)33-14-20-36(21-15-33)51(59)60/h12-31,53,56H,2-11H2,1H3,(H,57,58)(H,59,60)(H,61,62). The number of aromatic carboxylic acids is 3. The van der Waals surface area contributed by atoms with Crippen molar-refractivity contribution in [2.45, 2.75) is 71.1 Å². The van der Waals surface area contributed by atoms with Gasteiger partial charge in [-0.25, -0.2) is 24.4 Å². The van der Waals surface area contributed by atoms with Gasteiger partial charge in [-0.3, -0.25) is 0 Å². The summed E-state index contributed by atoms with van der Waals surface area (Å²) in [5.74, 6) is -3.05. The van der Waals surface area contributed by atoms with Crippen molar-refractivity contribution < 1.29 is 29.7 Å². The maximum absolute atomic E-state index is 11.9. The Kier molecular flexibility index (Phi) is 12.4. The van der Waals surface area contributed by atoms with Gasteiger partial charge < -0.3 is 25.3 Å². The fraction of sp³-hybridized carbons (Fsp3) is 0.212. The van der Waals surface area contributed by atoms with E-state index in [1.807, 2.05) is 42.5 Å². The first kappa shape index (κ1) is 41.4. The quantitative estimate of drug-likeness (QED) is 0.0600. The maximum atomic E-state index is 11.9. The number of carboxylic acids is 3. The van der Waals surface area contributed by atoms with Gasteiger partial charge in [0.15, 0.2) is 0 Å². The van der Waals surface area contributed by atoms with Gasteiger partial charge in [0.05, 0.1) is 39.5 Å². The molecule has 0 aliphatic carbocycles. The smallest absolute Gasteiger partial charge is 0.335 e. The number of rotatable bonds is 16. The van der Waals surface area contributed by atoms with E-state index in [9.17, 15) is 29.7 Å². The average molecular weight is 825 g/mol. The second-order valence-electron chi connectivity index (χ2n) is 15.8. The van der Waals surface area contributed by atoms with E-state index in [0.717, 1.165) is 86.0 Å². The third-order valence-corrected chi connectivity index (χ3v) is 11.7. The van der Waals surface area contributed by atoms with E-state index in [4.69, 9.17) is 9.97 Å². The summed E-state index contributed by atoms with van der Waals surface area (Å²) in [5, 5.41) is 29.1. The molecule has 0 amide bonds. The summed E-state index contributed by atoms with van der Waals surface area (Å²) in [6.07, 6.45) is 19.6. The van der Waals surface area contributed by atoms with E-state index in [2.05, 4.69) is 23.0 Å². The maximum Gasteiger partial charge on any atom is 0.335 e. The number of nitrogens with zero attached hydrogens (tertiary/aromatic N) is 2. The Bertz CT molecular complexity index is 2830. The van der Waals surface area contributed by atoms with Gasteiger partial charge in [0, 0.05) is 44.3 Å². The highest BCUT2D eigenvalue weighted by molar-refractivity contribution is 5.99. The molecule has 8 rings (SSSR count). The molecule has 0 spiro atoms. The van der Waals surface area contributed by atoms with Crippen molar-refractivity contribution in [3.8, 4) is 33.4 Å². The van der Waals surface area contributed by atoms with E-state index in [1.165, 1.54) is 44.9 Å². The van der Waals surface area contributed by atoms with Gasteiger partial charge in [-0.2, -0.15) is 0 Å². The van der Waals surface area contributed by atoms with Crippen molar-refractivity contribution in [1.82, 2.24) is 19.9 Å². The number of nitrogens with one attached hydrogen (secondary N) is 2. The summed E-state index contributed by atoms with van der Waals surface area (Å²) in [4.78, 5) is 53.5. The van der Waals surface area contributed by atoms with Crippen molar-refractivity contribution >= 4 is 64.3 Å². The van der Waals surface area contributed by atoms with E-state index < -0.39 is 17.9 Å². The van der Waals surface area contributed by atoms with Crippen LogP contribution in [0.1, 0.15) is 124 Å². The Hall–Kier alpha value is -7.33. The Balaban J connectivity index is 1.38. The summed E-state index contributed by atoms with van der Waals surface area (Å²) in [6, 6.07) is 28.3. The number of carboxylic acid groups (broad SMARTS) is 3. The molecular weight excluding hydrogens is 777 g/mol. The summed E-state index contributed by atoms with van der Waals surface area (Å²) in [6.45, 7) is 2.24. The monoisotopic (exact) mass is 824 g/mol. The molecule has 0 unspecified atom stereocenters. The lowest BCUT2D eigenvalue weighted by molar-refractivity contribution is 0.0686. The fourth-order valence-electron chi connectivity index (χ4n) is 8.39. The lowest BCUT2D eigenvalue weighted by atomic mass is 10.0. The van der Waals surface area contributed by atoms with Crippen molar-refractivity contribution in [3.05, 3.63) is 142 Å². The van der Waals surface area contributed by atoms with Crippen LogP contribution in [-0.2, 0) is 6.42 Å². The topological polar surface area (TPSA) is 169 Å². The molecule has 0 saturated heterocycles. The van der Waals surface area contributed by atoms with Crippen LogP contribution in [0.2, 0.25) is 0 Å². The molecule has 312 valence electrons. The molecule has 0 fully saturated rings. The lowest BCUT2D eigenvalue weighted by Gasteiger charge is -2.07. The molecule has 3 aromatic heterocycles. The Morgan fingerprint density at radius 3 is 1.13 bits per heavy atom.